The van der Waals surface area contributed by atoms with Crippen molar-refractivity contribution in [1.29, 1.82) is 5.26 Å². The van der Waals surface area contributed by atoms with Gasteiger partial charge in [0.2, 0.25) is 0 Å². The molecule has 1 fully saturated rings. The molecule has 1 aliphatic rings. The van der Waals surface area contributed by atoms with Gasteiger partial charge in [-0.1, -0.05) is 29.8 Å². The molecule has 29 heavy (non-hydrogen) atoms. The highest BCUT2D eigenvalue weighted by Crippen LogP contribution is 2.40. The fourth-order valence-electron chi connectivity index (χ4n) is 3.56. The molecular weight excluding hydrogens is 412 g/mol. The Labute approximate surface area is 175 Å². The number of hydrogen-bond donors (Lipinski definition) is 1. The van der Waals surface area contributed by atoms with Crippen LogP contribution in [0.2, 0.25) is 5.02 Å². The lowest BCUT2D eigenvalue weighted by Gasteiger charge is -2.17. The summed E-state index contributed by atoms with van der Waals surface area (Å²) >= 11 is 6.87. The number of cyclic esters (lactones) is 1. The minimum atomic E-state index is -1.88. The summed E-state index contributed by atoms with van der Waals surface area (Å²) in [6.07, 6.45) is 0.929. The average Bonchev–Trinajstić information content (AvgIpc) is 3.25. The Bertz CT molecular complexity index is 1150. The molecule has 3 aromatic rings. The highest BCUT2D eigenvalue weighted by Gasteiger charge is 2.50. The number of rotatable bonds is 4. The molecule has 1 aliphatic heterocycles. The van der Waals surface area contributed by atoms with Gasteiger partial charge in [0.25, 0.3) is 5.91 Å². The van der Waals surface area contributed by atoms with Crippen LogP contribution >= 0.6 is 23.4 Å². The van der Waals surface area contributed by atoms with Gasteiger partial charge in [-0.3, -0.25) is 9.36 Å². The fourth-order valence-corrected chi connectivity index (χ4v) is 4.13. The predicted octanol–water partition coefficient (Wildman–Crippen LogP) is 3.70. The van der Waals surface area contributed by atoms with Crippen molar-refractivity contribution in [2.24, 2.45) is 0 Å². The lowest BCUT2D eigenvalue weighted by atomic mass is 9.90. The zero-order valence-electron chi connectivity index (χ0n) is 15.0. The van der Waals surface area contributed by atoms with Crippen molar-refractivity contribution in [2.45, 2.75) is 18.1 Å². The number of para-hydroxylation sites is 1. The summed E-state index contributed by atoms with van der Waals surface area (Å²) in [6, 6.07) is 13.5. The van der Waals surface area contributed by atoms with Crippen LogP contribution in [0, 0.1) is 10.7 Å². The molecule has 4 rings (SSSR count). The number of ether oxygens (including phenoxy) is 1. The summed E-state index contributed by atoms with van der Waals surface area (Å²) in [6.45, 7) is 0. The Hall–Kier alpha value is -2.79. The van der Waals surface area contributed by atoms with Crippen molar-refractivity contribution in [3.05, 3.63) is 70.9 Å². The first-order valence-electron chi connectivity index (χ1n) is 8.79. The van der Waals surface area contributed by atoms with Crippen molar-refractivity contribution < 1.29 is 19.4 Å². The third kappa shape index (κ3) is 3.40. The van der Waals surface area contributed by atoms with Gasteiger partial charge >= 0.3 is 5.97 Å². The fraction of sp³-hybridized carbons (Fsp3) is 0.190. The van der Waals surface area contributed by atoms with Crippen LogP contribution < -0.4 is 0 Å². The van der Waals surface area contributed by atoms with Crippen LogP contribution in [0.4, 0.5) is 0 Å². The molecule has 8 heteroatoms. The number of benzene rings is 2. The van der Waals surface area contributed by atoms with Gasteiger partial charge in [-0.2, -0.15) is 5.26 Å². The molecule has 1 N–H and O–H groups in total. The molecule has 0 spiro atoms. The molecule has 2 atom stereocenters. The Morgan fingerprint density at radius 2 is 2.03 bits per heavy atom. The van der Waals surface area contributed by atoms with E-state index >= 15 is 0 Å². The van der Waals surface area contributed by atoms with Crippen LogP contribution in [0.15, 0.2) is 54.7 Å². The van der Waals surface area contributed by atoms with E-state index in [1.54, 1.807) is 48.5 Å². The van der Waals surface area contributed by atoms with E-state index in [9.17, 15) is 14.7 Å². The van der Waals surface area contributed by atoms with Crippen LogP contribution in [-0.2, 0) is 15.1 Å². The van der Waals surface area contributed by atoms with Crippen molar-refractivity contribution >= 4 is 46.1 Å². The third-order valence-electron chi connectivity index (χ3n) is 4.94. The molecule has 0 amide bonds. The lowest BCUT2D eigenvalue weighted by molar-refractivity contribution is -0.155. The molecule has 1 saturated heterocycles. The van der Waals surface area contributed by atoms with Crippen molar-refractivity contribution in [2.75, 3.05) is 5.75 Å². The summed E-state index contributed by atoms with van der Waals surface area (Å²) in [5.74, 6) is -0.814. The van der Waals surface area contributed by atoms with Crippen LogP contribution in [0.25, 0.3) is 10.9 Å². The zero-order valence-corrected chi connectivity index (χ0v) is 16.6. The second kappa shape index (κ2) is 7.56. The third-order valence-corrected chi connectivity index (χ3v) is 5.86. The van der Waals surface area contributed by atoms with Crippen molar-refractivity contribution in [3.63, 3.8) is 0 Å². The van der Waals surface area contributed by atoms with E-state index in [0.29, 0.717) is 27.1 Å². The van der Waals surface area contributed by atoms with Gasteiger partial charge in [-0.15, -0.1) is 0 Å². The summed E-state index contributed by atoms with van der Waals surface area (Å²) in [5, 5.41) is 23.0. The van der Waals surface area contributed by atoms with Gasteiger partial charge in [-0.05, 0) is 42.1 Å². The molecule has 2 aromatic carbocycles. The number of nitriles is 1. The second-order valence-corrected chi connectivity index (χ2v) is 7.98. The average molecular weight is 427 g/mol. The maximum atomic E-state index is 13.1. The van der Waals surface area contributed by atoms with Gasteiger partial charge in [0.1, 0.15) is 11.5 Å². The highest BCUT2D eigenvalue weighted by molar-refractivity contribution is 8.03. The molecule has 0 saturated carbocycles. The number of aliphatic hydroxyl groups is 1. The van der Waals surface area contributed by atoms with Crippen LogP contribution in [0.5, 0.6) is 0 Å². The first-order chi connectivity index (χ1) is 13.9. The lowest BCUT2D eigenvalue weighted by Crippen LogP contribution is -2.31. The second-order valence-electron chi connectivity index (χ2n) is 6.74. The number of fused-ring (bicyclic) bond motifs is 1. The molecule has 2 unspecified atom stereocenters. The van der Waals surface area contributed by atoms with Gasteiger partial charge in [0.05, 0.1) is 5.52 Å². The number of carbonyl (C=O) groups excluding carboxylic acids is 2. The minimum Gasteiger partial charge on any atom is -0.459 e. The number of aromatic nitrogens is 1. The summed E-state index contributed by atoms with van der Waals surface area (Å²) < 4.78 is 6.69. The van der Waals surface area contributed by atoms with Gasteiger partial charge < -0.3 is 9.84 Å². The molecule has 0 radical (unpaired) electrons. The van der Waals surface area contributed by atoms with E-state index in [-0.39, 0.29) is 18.1 Å². The largest absolute Gasteiger partial charge is 0.459 e. The van der Waals surface area contributed by atoms with E-state index in [0.717, 1.165) is 11.8 Å². The smallest absolute Gasteiger partial charge is 0.343 e. The van der Waals surface area contributed by atoms with Gasteiger partial charge in [0.15, 0.2) is 5.60 Å². The molecule has 2 heterocycles. The van der Waals surface area contributed by atoms with E-state index in [1.807, 2.05) is 5.40 Å². The normalized spacial score (nSPS) is 21.1. The topological polar surface area (TPSA) is 92.3 Å². The van der Waals surface area contributed by atoms with E-state index in [1.165, 1.54) is 10.8 Å². The summed E-state index contributed by atoms with van der Waals surface area (Å²) in [4.78, 5) is 25.6. The highest BCUT2D eigenvalue weighted by atomic mass is 35.5. The molecule has 0 aliphatic carbocycles. The van der Waals surface area contributed by atoms with Gasteiger partial charge in [0, 0.05) is 39.9 Å². The van der Waals surface area contributed by atoms with Crippen LogP contribution in [-0.4, -0.2) is 33.4 Å². The molecule has 6 nitrogen and oxygen atoms in total. The maximum absolute atomic E-state index is 13.1. The first kappa shape index (κ1) is 19.5. The quantitative estimate of drug-likeness (QED) is 0.505. The molecule has 0 bridgehead atoms. The number of hydrogen-bond acceptors (Lipinski definition) is 6. The molecule has 146 valence electrons. The van der Waals surface area contributed by atoms with Crippen LogP contribution in [0.1, 0.15) is 22.3 Å². The number of carbonyl (C=O) groups is 2. The summed E-state index contributed by atoms with van der Waals surface area (Å²) in [7, 11) is 0. The predicted molar refractivity (Wildman–Crippen MR) is 110 cm³/mol. The Balaban J connectivity index is 1.79. The molecule has 1 aromatic heterocycles. The Morgan fingerprint density at radius 3 is 2.76 bits per heavy atom. The van der Waals surface area contributed by atoms with E-state index < -0.39 is 17.7 Å². The number of nitrogens with zero attached hydrogens (tertiary/aromatic N) is 2. The number of esters is 1. The Morgan fingerprint density at radius 1 is 1.31 bits per heavy atom. The SMILES string of the molecule is N#CSCC1CC(O)(c2cn(C(=O)c3ccc(Cl)cc3)c3ccccc23)C(=O)O1. The van der Waals surface area contributed by atoms with E-state index in [2.05, 4.69) is 0 Å². The maximum Gasteiger partial charge on any atom is 0.343 e. The van der Waals surface area contributed by atoms with Crippen molar-refractivity contribution in [3.8, 4) is 5.40 Å². The Kier molecular flexibility index (Phi) is 5.09. The number of thioether (sulfide) groups is 1. The number of thiocyanates is 1. The summed E-state index contributed by atoms with van der Waals surface area (Å²) in [5.41, 5.74) is -0.583. The first-order valence-corrected chi connectivity index (χ1v) is 10.2. The van der Waals surface area contributed by atoms with Gasteiger partial charge in [-0.25, -0.2) is 4.79 Å². The minimum absolute atomic E-state index is 0.0175. The van der Waals surface area contributed by atoms with E-state index in [4.69, 9.17) is 21.6 Å². The van der Waals surface area contributed by atoms with Crippen LogP contribution in [0.3, 0.4) is 0 Å². The standard InChI is InChI=1S/C21H15ClN2O4S/c22-14-7-5-13(6-8-14)19(25)24-10-17(16-3-1-2-4-18(16)24)21(27)9-15(11-29-12-23)28-20(21)26/h1-8,10,15,27H,9,11H2. The van der Waals surface area contributed by atoms with Crippen molar-refractivity contribution in [1.82, 2.24) is 4.57 Å². The molecular formula is C21H15ClN2O4S. The monoisotopic (exact) mass is 426 g/mol. The number of halogens is 1. The zero-order chi connectivity index (χ0) is 20.6.